The van der Waals surface area contributed by atoms with Crippen molar-refractivity contribution in [1.29, 1.82) is 0 Å². The van der Waals surface area contributed by atoms with Gasteiger partial charge in [-0.15, -0.1) is 0 Å². The zero-order chi connectivity index (χ0) is 24.1. The predicted octanol–water partition coefficient (Wildman–Crippen LogP) is 2.66. The number of nitrogens with one attached hydrogen (secondary N) is 1. The van der Waals surface area contributed by atoms with E-state index < -0.39 is 6.04 Å². The fraction of sp³-hybridized carbons (Fsp3) is 0.654. The maximum Gasteiger partial charge on any atom is 0.324 e. The van der Waals surface area contributed by atoms with Gasteiger partial charge < -0.3 is 19.9 Å². The van der Waals surface area contributed by atoms with E-state index in [1.54, 1.807) is 7.11 Å². The van der Waals surface area contributed by atoms with Crippen LogP contribution in [0.1, 0.15) is 50.5 Å². The van der Waals surface area contributed by atoms with Gasteiger partial charge in [0, 0.05) is 32.6 Å². The Bertz CT molecular complexity index is 872. The van der Waals surface area contributed by atoms with Crippen LogP contribution < -0.4 is 10.1 Å². The highest BCUT2D eigenvalue weighted by Gasteiger charge is 2.38. The minimum atomic E-state index is -0.621. The second-order valence-electron chi connectivity index (χ2n) is 9.90. The van der Waals surface area contributed by atoms with Crippen LogP contribution in [0.2, 0.25) is 0 Å². The molecule has 0 spiro atoms. The topological polar surface area (TPSA) is 82.2 Å². The van der Waals surface area contributed by atoms with Crippen LogP contribution in [0.15, 0.2) is 24.3 Å². The molecule has 186 valence electrons. The Hall–Kier alpha value is -2.61. The fourth-order valence-corrected chi connectivity index (χ4v) is 5.72. The first-order valence-electron chi connectivity index (χ1n) is 12.7. The number of rotatable bonds is 9. The number of carbonyl (C=O) groups is 3. The number of hydrogen-bond donors (Lipinski definition) is 1. The van der Waals surface area contributed by atoms with Crippen molar-refractivity contribution >= 4 is 17.8 Å². The SMILES string of the molecule is COc1ccc(CCN2C(=O)N[C@@H](CCC(=O)N(C)C[C@@H]3CCCN4CCCC[C@H]34)C2=O)cc1. The third kappa shape index (κ3) is 5.71. The molecule has 0 saturated carbocycles. The summed E-state index contributed by atoms with van der Waals surface area (Å²) < 4.78 is 5.16. The molecule has 34 heavy (non-hydrogen) atoms. The molecule has 3 aliphatic heterocycles. The molecule has 1 aromatic rings. The van der Waals surface area contributed by atoms with Crippen molar-refractivity contribution < 1.29 is 19.1 Å². The Labute approximate surface area is 202 Å². The van der Waals surface area contributed by atoms with Crippen molar-refractivity contribution in [3.05, 3.63) is 29.8 Å². The Morgan fingerprint density at radius 3 is 2.65 bits per heavy atom. The summed E-state index contributed by atoms with van der Waals surface area (Å²) in [6.45, 7) is 3.48. The lowest BCUT2D eigenvalue weighted by atomic mass is 9.83. The molecule has 3 saturated heterocycles. The lowest BCUT2D eigenvalue weighted by molar-refractivity contribution is -0.131. The highest BCUT2D eigenvalue weighted by Crippen LogP contribution is 2.31. The molecule has 3 aliphatic rings. The van der Waals surface area contributed by atoms with E-state index in [9.17, 15) is 14.4 Å². The van der Waals surface area contributed by atoms with E-state index in [0.717, 1.165) is 17.9 Å². The van der Waals surface area contributed by atoms with Crippen LogP contribution in [0.5, 0.6) is 5.75 Å². The van der Waals surface area contributed by atoms with Gasteiger partial charge in [-0.2, -0.15) is 0 Å². The van der Waals surface area contributed by atoms with Crippen LogP contribution in [0, 0.1) is 5.92 Å². The molecule has 8 heteroatoms. The van der Waals surface area contributed by atoms with Gasteiger partial charge >= 0.3 is 6.03 Å². The molecule has 1 aromatic carbocycles. The highest BCUT2D eigenvalue weighted by atomic mass is 16.5. The summed E-state index contributed by atoms with van der Waals surface area (Å²) in [5, 5.41) is 2.76. The average molecular weight is 471 g/mol. The fourth-order valence-electron chi connectivity index (χ4n) is 5.72. The second-order valence-corrected chi connectivity index (χ2v) is 9.90. The predicted molar refractivity (Wildman–Crippen MR) is 130 cm³/mol. The first-order chi connectivity index (χ1) is 16.5. The maximum atomic E-state index is 12.8. The van der Waals surface area contributed by atoms with E-state index >= 15 is 0 Å². The summed E-state index contributed by atoms with van der Waals surface area (Å²) in [5.74, 6) is 1.11. The number of nitrogens with zero attached hydrogens (tertiary/aromatic N) is 3. The molecular formula is C26H38N4O4. The Morgan fingerprint density at radius 2 is 1.88 bits per heavy atom. The van der Waals surface area contributed by atoms with Crippen LogP contribution in [0.4, 0.5) is 4.79 Å². The van der Waals surface area contributed by atoms with Crippen LogP contribution >= 0.6 is 0 Å². The molecular weight excluding hydrogens is 432 g/mol. The van der Waals surface area contributed by atoms with Crippen molar-refractivity contribution in [1.82, 2.24) is 20.0 Å². The summed E-state index contributed by atoms with van der Waals surface area (Å²) in [6.07, 6.45) is 7.38. The highest BCUT2D eigenvalue weighted by molar-refractivity contribution is 6.04. The van der Waals surface area contributed by atoms with Gasteiger partial charge in [0.2, 0.25) is 5.91 Å². The minimum absolute atomic E-state index is 0.0478. The second kappa shape index (κ2) is 11.2. The lowest BCUT2D eigenvalue weighted by Gasteiger charge is -2.45. The van der Waals surface area contributed by atoms with E-state index in [1.807, 2.05) is 36.2 Å². The number of benzene rings is 1. The number of carbonyl (C=O) groups excluding carboxylic acids is 3. The van der Waals surface area contributed by atoms with Crippen molar-refractivity contribution in [2.45, 2.75) is 63.5 Å². The van der Waals surface area contributed by atoms with E-state index in [4.69, 9.17) is 4.74 Å². The van der Waals surface area contributed by atoms with Crippen LogP contribution in [-0.4, -0.2) is 85.0 Å². The first-order valence-corrected chi connectivity index (χ1v) is 12.7. The monoisotopic (exact) mass is 470 g/mol. The first kappa shape index (κ1) is 24.5. The van der Waals surface area contributed by atoms with Gasteiger partial charge in [-0.05, 0) is 75.2 Å². The number of fused-ring (bicyclic) bond motifs is 1. The molecule has 4 amide bonds. The van der Waals surface area contributed by atoms with Crippen molar-refractivity contribution in [3.63, 3.8) is 0 Å². The number of piperidine rings is 2. The zero-order valence-electron chi connectivity index (χ0n) is 20.5. The molecule has 0 aliphatic carbocycles. The summed E-state index contributed by atoms with van der Waals surface area (Å²) in [4.78, 5) is 43.7. The number of methoxy groups -OCH3 is 1. The van der Waals surface area contributed by atoms with E-state index in [0.29, 0.717) is 31.3 Å². The van der Waals surface area contributed by atoms with E-state index in [-0.39, 0.29) is 24.3 Å². The van der Waals surface area contributed by atoms with Gasteiger partial charge in [0.25, 0.3) is 5.91 Å². The summed E-state index contributed by atoms with van der Waals surface area (Å²) >= 11 is 0. The smallest absolute Gasteiger partial charge is 0.324 e. The average Bonchev–Trinajstić information content (AvgIpc) is 3.13. The molecule has 4 rings (SSSR count). The zero-order valence-corrected chi connectivity index (χ0v) is 20.5. The van der Waals surface area contributed by atoms with Gasteiger partial charge in [-0.1, -0.05) is 18.6 Å². The molecule has 8 nitrogen and oxygen atoms in total. The molecule has 3 fully saturated rings. The molecule has 0 bridgehead atoms. The van der Waals surface area contributed by atoms with E-state index in [2.05, 4.69) is 10.2 Å². The number of urea groups is 1. The van der Waals surface area contributed by atoms with Gasteiger partial charge in [0.1, 0.15) is 11.8 Å². The van der Waals surface area contributed by atoms with Crippen molar-refractivity contribution in [2.24, 2.45) is 5.92 Å². The summed E-state index contributed by atoms with van der Waals surface area (Å²) in [7, 11) is 3.49. The quantitative estimate of drug-likeness (QED) is 0.561. The minimum Gasteiger partial charge on any atom is -0.497 e. The lowest BCUT2D eigenvalue weighted by Crippen LogP contribution is -2.51. The Morgan fingerprint density at radius 1 is 1.12 bits per heavy atom. The maximum absolute atomic E-state index is 12.8. The van der Waals surface area contributed by atoms with Gasteiger partial charge in [-0.25, -0.2) is 4.79 Å². The largest absolute Gasteiger partial charge is 0.497 e. The standard InChI is InChI=1S/C26H38N4O4/c1-28(18-20-6-5-16-29-15-4-3-7-23(20)29)24(31)13-12-22-25(32)30(26(33)27-22)17-14-19-8-10-21(34-2)11-9-19/h8-11,20,22-23H,3-7,12-18H2,1-2H3,(H,27,33)/t20-,22-,23+/m0/s1. The normalized spacial score (nSPS) is 25.1. The van der Waals surface area contributed by atoms with E-state index in [1.165, 1.54) is 50.1 Å². The third-order valence-corrected chi connectivity index (χ3v) is 7.70. The number of amides is 4. The summed E-state index contributed by atoms with van der Waals surface area (Å²) in [5.41, 5.74) is 1.03. The number of ether oxygens (including phenoxy) is 1. The molecule has 0 aromatic heterocycles. The number of imide groups is 1. The Kier molecular flexibility index (Phi) is 8.08. The third-order valence-electron chi connectivity index (χ3n) is 7.70. The van der Waals surface area contributed by atoms with Gasteiger partial charge in [0.05, 0.1) is 7.11 Å². The van der Waals surface area contributed by atoms with Gasteiger partial charge in [0.15, 0.2) is 0 Å². The molecule has 0 unspecified atom stereocenters. The van der Waals surface area contributed by atoms with Crippen molar-refractivity contribution in [2.75, 3.05) is 40.3 Å². The van der Waals surface area contributed by atoms with Gasteiger partial charge in [-0.3, -0.25) is 14.5 Å². The Balaban J connectivity index is 1.23. The molecule has 3 heterocycles. The van der Waals surface area contributed by atoms with Crippen LogP contribution in [-0.2, 0) is 16.0 Å². The van der Waals surface area contributed by atoms with Crippen LogP contribution in [0.3, 0.4) is 0 Å². The summed E-state index contributed by atoms with van der Waals surface area (Å²) in [6, 6.07) is 7.21. The van der Waals surface area contributed by atoms with Crippen LogP contribution in [0.25, 0.3) is 0 Å². The van der Waals surface area contributed by atoms with Crippen molar-refractivity contribution in [3.8, 4) is 5.75 Å². The number of hydrogen-bond acceptors (Lipinski definition) is 5. The molecule has 0 radical (unpaired) electrons. The molecule has 1 N–H and O–H groups in total. The molecule has 3 atom stereocenters.